The molecule has 21 heavy (non-hydrogen) atoms. The van der Waals surface area contributed by atoms with E-state index >= 15 is 0 Å². The summed E-state index contributed by atoms with van der Waals surface area (Å²) in [5.74, 6) is -5.45. The fourth-order valence-corrected chi connectivity index (χ4v) is 2.11. The summed E-state index contributed by atoms with van der Waals surface area (Å²) < 4.78 is 46.4. The molecule has 4 nitrogen and oxygen atoms in total. The van der Waals surface area contributed by atoms with E-state index in [1.165, 1.54) is 7.05 Å². The van der Waals surface area contributed by atoms with Gasteiger partial charge in [0, 0.05) is 13.2 Å². The molecule has 0 amide bonds. The van der Waals surface area contributed by atoms with E-state index in [1.807, 2.05) is 0 Å². The Morgan fingerprint density at radius 2 is 1.95 bits per heavy atom. The van der Waals surface area contributed by atoms with E-state index in [2.05, 4.69) is 0 Å². The van der Waals surface area contributed by atoms with Gasteiger partial charge in [0.2, 0.25) is 5.43 Å². The van der Waals surface area contributed by atoms with Crippen molar-refractivity contribution >= 4 is 16.9 Å². The minimum absolute atomic E-state index is 0.209. The highest BCUT2D eigenvalue weighted by atomic mass is 19.2. The molecule has 1 heterocycles. The lowest BCUT2D eigenvalue weighted by molar-refractivity contribution is 0.0470. The van der Waals surface area contributed by atoms with E-state index in [0.717, 1.165) is 23.6 Å². The molecule has 0 saturated heterocycles. The monoisotopic (exact) mass is 297 g/mol. The maximum absolute atomic E-state index is 13.8. The van der Waals surface area contributed by atoms with Crippen molar-refractivity contribution in [3.63, 3.8) is 0 Å². The largest absolute Gasteiger partial charge is 0.459 e. The zero-order chi connectivity index (χ0) is 15.3. The third-order valence-electron chi connectivity index (χ3n) is 3.32. The summed E-state index contributed by atoms with van der Waals surface area (Å²) in [5, 5.41) is -0.404. The summed E-state index contributed by atoms with van der Waals surface area (Å²) in [6, 6.07) is 0.587. The van der Waals surface area contributed by atoms with Crippen LogP contribution < -0.4 is 5.43 Å². The van der Waals surface area contributed by atoms with Crippen molar-refractivity contribution in [1.82, 2.24) is 4.57 Å². The van der Waals surface area contributed by atoms with Crippen LogP contribution in [-0.4, -0.2) is 16.6 Å². The van der Waals surface area contributed by atoms with Crippen LogP contribution in [-0.2, 0) is 11.8 Å². The second-order valence-electron chi connectivity index (χ2n) is 4.97. The summed E-state index contributed by atoms with van der Waals surface area (Å²) in [7, 11) is 1.33. The number of carbonyl (C=O) groups excluding carboxylic acids is 1. The predicted molar refractivity (Wildman–Crippen MR) is 67.5 cm³/mol. The SMILES string of the molecule is Cn1cc(C(=O)OC2CC2)c(=O)c2cc(F)c(F)c(F)c21. The van der Waals surface area contributed by atoms with E-state index in [-0.39, 0.29) is 11.7 Å². The summed E-state index contributed by atoms with van der Waals surface area (Å²) in [6.45, 7) is 0. The van der Waals surface area contributed by atoms with E-state index in [0.29, 0.717) is 6.07 Å². The highest BCUT2D eigenvalue weighted by Crippen LogP contribution is 2.25. The zero-order valence-electron chi connectivity index (χ0n) is 11.0. The van der Waals surface area contributed by atoms with Gasteiger partial charge in [-0.25, -0.2) is 18.0 Å². The molecular formula is C14H10F3NO3. The van der Waals surface area contributed by atoms with Crippen molar-refractivity contribution < 1.29 is 22.7 Å². The summed E-state index contributed by atoms with van der Waals surface area (Å²) >= 11 is 0. The van der Waals surface area contributed by atoms with Crippen molar-refractivity contribution in [2.75, 3.05) is 0 Å². The van der Waals surface area contributed by atoms with Gasteiger partial charge in [-0.05, 0) is 18.9 Å². The Balaban J connectivity index is 2.25. The van der Waals surface area contributed by atoms with Gasteiger partial charge in [-0.15, -0.1) is 0 Å². The van der Waals surface area contributed by atoms with Gasteiger partial charge in [-0.2, -0.15) is 0 Å². The molecular weight excluding hydrogens is 287 g/mol. The van der Waals surface area contributed by atoms with Crippen molar-refractivity contribution in [3.8, 4) is 0 Å². The van der Waals surface area contributed by atoms with Crippen molar-refractivity contribution in [2.24, 2.45) is 7.05 Å². The molecule has 1 aliphatic carbocycles. The van der Waals surface area contributed by atoms with Crippen LogP contribution >= 0.6 is 0 Å². The van der Waals surface area contributed by atoms with Crippen LogP contribution in [0.1, 0.15) is 23.2 Å². The van der Waals surface area contributed by atoms with E-state index in [4.69, 9.17) is 4.74 Å². The number of aromatic nitrogens is 1. The Hall–Kier alpha value is -2.31. The summed E-state index contributed by atoms with van der Waals surface area (Å²) in [6.07, 6.45) is 2.32. The molecule has 0 bridgehead atoms. The minimum Gasteiger partial charge on any atom is -0.459 e. The number of carbonyl (C=O) groups is 1. The molecule has 0 N–H and O–H groups in total. The molecule has 0 atom stereocenters. The Morgan fingerprint density at radius 1 is 1.29 bits per heavy atom. The molecule has 0 aliphatic heterocycles. The van der Waals surface area contributed by atoms with Gasteiger partial charge < -0.3 is 9.30 Å². The second-order valence-corrected chi connectivity index (χ2v) is 4.97. The van der Waals surface area contributed by atoms with Crippen molar-refractivity contribution in [1.29, 1.82) is 0 Å². The van der Waals surface area contributed by atoms with Crippen LogP contribution in [0.4, 0.5) is 13.2 Å². The number of rotatable bonds is 2. The molecule has 2 aromatic rings. The number of hydrogen-bond donors (Lipinski definition) is 0. The normalized spacial score (nSPS) is 14.5. The highest BCUT2D eigenvalue weighted by molar-refractivity contribution is 5.94. The van der Waals surface area contributed by atoms with Crippen LogP contribution in [0.25, 0.3) is 10.9 Å². The minimum atomic E-state index is -1.66. The summed E-state index contributed by atoms with van der Waals surface area (Å²) in [4.78, 5) is 24.0. The lowest BCUT2D eigenvalue weighted by atomic mass is 10.1. The number of halogens is 3. The Morgan fingerprint density at radius 3 is 2.57 bits per heavy atom. The van der Waals surface area contributed by atoms with Crippen LogP contribution in [0.15, 0.2) is 17.1 Å². The number of esters is 1. The van der Waals surface area contributed by atoms with Crippen LogP contribution in [0, 0.1) is 17.5 Å². The van der Waals surface area contributed by atoms with Gasteiger partial charge in [0.15, 0.2) is 17.5 Å². The Bertz CT molecular complexity index is 825. The highest BCUT2D eigenvalue weighted by Gasteiger charge is 2.28. The maximum Gasteiger partial charge on any atom is 0.343 e. The first-order valence-electron chi connectivity index (χ1n) is 6.28. The Kier molecular flexibility index (Phi) is 3.00. The topological polar surface area (TPSA) is 48.3 Å². The Labute approximate surface area is 116 Å². The number of nitrogens with zero attached hydrogens (tertiary/aromatic N) is 1. The molecule has 0 radical (unpaired) electrons. The first-order chi connectivity index (χ1) is 9.90. The quantitative estimate of drug-likeness (QED) is 0.631. The van der Waals surface area contributed by atoms with Crippen LogP contribution in [0.3, 0.4) is 0 Å². The molecule has 110 valence electrons. The maximum atomic E-state index is 13.8. The molecule has 3 rings (SSSR count). The van der Waals surface area contributed by atoms with E-state index in [1.54, 1.807) is 0 Å². The zero-order valence-corrected chi connectivity index (χ0v) is 11.0. The third-order valence-corrected chi connectivity index (χ3v) is 3.32. The first kappa shape index (κ1) is 13.7. The average Bonchev–Trinajstić information content (AvgIpc) is 3.23. The second kappa shape index (κ2) is 4.61. The van der Waals surface area contributed by atoms with E-state index in [9.17, 15) is 22.8 Å². The van der Waals surface area contributed by atoms with Crippen LogP contribution in [0.2, 0.25) is 0 Å². The number of ether oxygens (including phenoxy) is 1. The molecule has 1 aromatic heterocycles. The van der Waals surface area contributed by atoms with E-state index < -0.39 is 39.8 Å². The van der Waals surface area contributed by atoms with Crippen molar-refractivity contribution in [3.05, 3.63) is 45.5 Å². The molecule has 1 aromatic carbocycles. The van der Waals surface area contributed by atoms with Crippen molar-refractivity contribution in [2.45, 2.75) is 18.9 Å². The van der Waals surface area contributed by atoms with Gasteiger partial charge in [0.1, 0.15) is 11.7 Å². The number of pyridine rings is 1. The standard InChI is InChI=1S/C14H10F3NO3/c1-18-5-8(14(20)21-6-2-3-6)13(19)7-4-9(15)10(16)11(17)12(7)18/h4-6H,2-3H2,1H3. The molecule has 0 unspecified atom stereocenters. The fourth-order valence-electron chi connectivity index (χ4n) is 2.11. The smallest absolute Gasteiger partial charge is 0.343 e. The van der Waals surface area contributed by atoms with Gasteiger partial charge in [0.05, 0.1) is 10.9 Å². The average molecular weight is 297 g/mol. The molecule has 1 fully saturated rings. The first-order valence-corrected chi connectivity index (χ1v) is 6.28. The predicted octanol–water partition coefficient (Wildman–Crippen LogP) is 2.28. The summed E-state index contributed by atoms with van der Waals surface area (Å²) in [5.41, 5.74) is -1.62. The number of benzene rings is 1. The number of aryl methyl sites for hydroxylation is 1. The molecule has 7 heteroatoms. The third kappa shape index (κ3) is 2.18. The van der Waals surface area contributed by atoms with Crippen LogP contribution in [0.5, 0.6) is 0 Å². The van der Waals surface area contributed by atoms with Gasteiger partial charge >= 0.3 is 5.97 Å². The van der Waals surface area contributed by atoms with Gasteiger partial charge in [0.25, 0.3) is 0 Å². The lowest BCUT2D eigenvalue weighted by Crippen LogP contribution is -2.21. The fraction of sp³-hybridized carbons (Fsp3) is 0.286. The molecule has 1 aliphatic rings. The number of fused-ring (bicyclic) bond motifs is 1. The lowest BCUT2D eigenvalue weighted by Gasteiger charge is -2.10. The van der Waals surface area contributed by atoms with Gasteiger partial charge in [-0.1, -0.05) is 0 Å². The number of hydrogen-bond acceptors (Lipinski definition) is 3. The van der Waals surface area contributed by atoms with Gasteiger partial charge in [-0.3, -0.25) is 4.79 Å². The molecule has 1 saturated carbocycles. The molecule has 0 spiro atoms.